The third-order valence-electron chi connectivity index (χ3n) is 7.74. The first-order chi connectivity index (χ1) is 17.5. The molecule has 4 aliphatic rings. The number of rotatable bonds is 6. The average Bonchev–Trinajstić information content (AvgIpc) is 2.86. The molecule has 0 amide bonds. The van der Waals surface area contributed by atoms with E-state index in [9.17, 15) is 30.6 Å². The molecule has 3 aliphatic heterocycles. The maximum atomic E-state index is 11.1. The van der Waals surface area contributed by atoms with Crippen LogP contribution in [-0.4, -0.2) is 148 Å². The van der Waals surface area contributed by atoms with E-state index in [1.54, 1.807) is 7.05 Å². The van der Waals surface area contributed by atoms with Gasteiger partial charge in [0.05, 0.1) is 36.9 Å². The molecule has 17 atom stereocenters. The van der Waals surface area contributed by atoms with Gasteiger partial charge in [0, 0.05) is 12.1 Å². The predicted octanol–water partition coefficient (Wildman–Crippen LogP) is -6.95. The molecule has 0 aromatic carbocycles. The molecular formula is C21H41N5O11. The largest absolute Gasteiger partial charge is 0.394 e. The topological polar surface area (TPSA) is 284 Å². The minimum Gasteiger partial charge on any atom is -0.394 e. The van der Waals surface area contributed by atoms with Gasteiger partial charge in [0.2, 0.25) is 0 Å². The van der Waals surface area contributed by atoms with E-state index in [0.717, 1.165) is 0 Å². The first-order valence-corrected chi connectivity index (χ1v) is 12.5. The summed E-state index contributed by atoms with van der Waals surface area (Å²) in [5.41, 5.74) is 24.0. The van der Waals surface area contributed by atoms with Gasteiger partial charge in [-0.1, -0.05) is 0 Å². The van der Waals surface area contributed by atoms with Crippen LogP contribution in [-0.2, 0) is 23.7 Å². The number of likely N-dealkylation sites (N-methyl/N-ethyl adjacent to an activating group) is 1. The first-order valence-electron chi connectivity index (χ1n) is 12.5. The number of hydrogen-bond acceptors (Lipinski definition) is 16. The molecule has 4 fully saturated rings. The van der Waals surface area contributed by atoms with Crippen LogP contribution in [0.3, 0.4) is 0 Å². The Kier molecular flexibility index (Phi) is 9.40. The Hall–Kier alpha value is -0.640. The van der Waals surface area contributed by atoms with E-state index >= 15 is 0 Å². The summed E-state index contributed by atoms with van der Waals surface area (Å²) < 4.78 is 29.2. The molecule has 0 aromatic rings. The van der Waals surface area contributed by atoms with Crippen molar-refractivity contribution in [3.05, 3.63) is 0 Å². The van der Waals surface area contributed by atoms with Crippen LogP contribution in [0, 0.1) is 0 Å². The highest BCUT2D eigenvalue weighted by Crippen LogP contribution is 2.35. The van der Waals surface area contributed by atoms with Crippen LogP contribution < -0.4 is 28.3 Å². The van der Waals surface area contributed by atoms with Crippen molar-refractivity contribution >= 4 is 0 Å². The quantitative estimate of drug-likeness (QED) is 0.149. The molecule has 0 spiro atoms. The fourth-order valence-electron chi connectivity index (χ4n) is 5.46. The van der Waals surface area contributed by atoms with Crippen LogP contribution in [0.2, 0.25) is 0 Å². The zero-order valence-corrected chi connectivity index (χ0v) is 20.5. The van der Waals surface area contributed by atoms with Gasteiger partial charge < -0.3 is 82.6 Å². The molecule has 0 radical (unpaired) electrons. The first kappa shape index (κ1) is 29.3. The van der Waals surface area contributed by atoms with Crippen LogP contribution >= 0.6 is 0 Å². The van der Waals surface area contributed by atoms with Crippen LogP contribution in [0.5, 0.6) is 0 Å². The van der Waals surface area contributed by atoms with Gasteiger partial charge in [0.25, 0.3) is 0 Å². The number of nitrogens with two attached hydrogens (primary N) is 4. The number of aliphatic hydroxyl groups is 6. The number of fused-ring (bicyclic) bond motifs is 1. The minimum atomic E-state index is -1.54. The van der Waals surface area contributed by atoms with E-state index in [4.69, 9.17) is 46.6 Å². The number of nitrogens with one attached hydrogen (secondary N) is 1. The van der Waals surface area contributed by atoms with Crippen LogP contribution in [0.1, 0.15) is 12.8 Å². The standard InChI is InChI=1S/C21H41N5O11/c1-26-11-14(30)18-8(33-20(11)37-21-16(32)13(29)10(25)9(4-27)34-21)3-7(24)19(36-18)35-17-6(23)2-5(22)12(28)15(17)31/h5-21,26-32H,2-4,22-25H2,1H3/t5-,6+,7-,8+,9-,10+,11-,12-,13+,14-,15-,16+,17+,18-,19+,20+,21+/m0/s1. The maximum absolute atomic E-state index is 11.1. The Morgan fingerprint density at radius 3 is 2.08 bits per heavy atom. The van der Waals surface area contributed by atoms with Crippen molar-refractivity contribution in [1.82, 2.24) is 5.32 Å². The Labute approximate surface area is 213 Å². The minimum absolute atomic E-state index is 0.156. The zero-order chi connectivity index (χ0) is 27.2. The van der Waals surface area contributed by atoms with Crippen molar-refractivity contribution in [2.75, 3.05) is 13.7 Å². The van der Waals surface area contributed by atoms with Crippen molar-refractivity contribution in [2.24, 2.45) is 22.9 Å². The van der Waals surface area contributed by atoms with E-state index < -0.39 is 111 Å². The second kappa shape index (κ2) is 11.8. The fourth-order valence-corrected chi connectivity index (χ4v) is 5.46. The van der Waals surface area contributed by atoms with Gasteiger partial charge in [-0.15, -0.1) is 0 Å². The van der Waals surface area contributed by atoms with Crippen molar-refractivity contribution in [3.8, 4) is 0 Å². The fraction of sp³-hybridized carbons (Fsp3) is 1.00. The Balaban J connectivity index is 1.43. The highest BCUT2D eigenvalue weighted by molar-refractivity contribution is 5.01. The highest BCUT2D eigenvalue weighted by Gasteiger charge is 2.54. The third kappa shape index (κ3) is 5.66. The van der Waals surface area contributed by atoms with Crippen molar-refractivity contribution < 1.29 is 54.3 Å². The summed E-state index contributed by atoms with van der Waals surface area (Å²) in [5, 5.41) is 64.7. The SMILES string of the molecule is CN[C@@H]1[C@@H](O[C@H]2O[C@@H](CO)[C@@H](N)[C@@H](O)[C@H]2O)O[C@@H]2C[C@H](N)[C@H](O[C@H]3[C@@H](O)[C@@H](O)[C@@H](N)C[C@H]3N)O[C@@H]2[C@H]1O. The summed E-state index contributed by atoms with van der Waals surface area (Å²) in [5.74, 6) is 0. The van der Waals surface area contributed by atoms with Gasteiger partial charge in [0.15, 0.2) is 18.9 Å². The molecule has 16 heteroatoms. The molecule has 0 bridgehead atoms. The van der Waals surface area contributed by atoms with E-state index in [2.05, 4.69) is 5.32 Å². The summed E-state index contributed by atoms with van der Waals surface area (Å²) in [6, 6.07) is -4.05. The Morgan fingerprint density at radius 1 is 0.730 bits per heavy atom. The third-order valence-corrected chi connectivity index (χ3v) is 7.74. The maximum Gasteiger partial charge on any atom is 0.189 e. The van der Waals surface area contributed by atoms with E-state index in [-0.39, 0.29) is 12.8 Å². The van der Waals surface area contributed by atoms with Crippen LogP contribution in [0.15, 0.2) is 0 Å². The van der Waals surface area contributed by atoms with Gasteiger partial charge >= 0.3 is 0 Å². The lowest BCUT2D eigenvalue weighted by Gasteiger charge is -2.51. The van der Waals surface area contributed by atoms with Crippen molar-refractivity contribution in [3.63, 3.8) is 0 Å². The molecule has 1 saturated carbocycles. The van der Waals surface area contributed by atoms with Gasteiger partial charge in [-0.25, -0.2) is 0 Å². The van der Waals surface area contributed by atoms with Crippen molar-refractivity contribution in [2.45, 2.75) is 117 Å². The molecule has 3 saturated heterocycles. The van der Waals surface area contributed by atoms with Gasteiger partial charge in [-0.05, 0) is 19.9 Å². The molecule has 216 valence electrons. The molecule has 3 heterocycles. The van der Waals surface area contributed by atoms with Gasteiger partial charge in [0.1, 0.15) is 42.7 Å². The lowest BCUT2D eigenvalue weighted by molar-refractivity contribution is -0.373. The molecule has 37 heavy (non-hydrogen) atoms. The van der Waals surface area contributed by atoms with E-state index in [0.29, 0.717) is 0 Å². The summed E-state index contributed by atoms with van der Waals surface area (Å²) >= 11 is 0. The van der Waals surface area contributed by atoms with Gasteiger partial charge in [-0.2, -0.15) is 0 Å². The van der Waals surface area contributed by atoms with E-state index in [1.165, 1.54) is 0 Å². The van der Waals surface area contributed by atoms with E-state index in [1.807, 2.05) is 0 Å². The monoisotopic (exact) mass is 539 g/mol. The summed E-state index contributed by atoms with van der Waals surface area (Å²) in [6.07, 6.45) is -13.7. The molecule has 16 nitrogen and oxygen atoms in total. The summed E-state index contributed by atoms with van der Waals surface area (Å²) in [4.78, 5) is 0. The molecule has 0 unspecified atom stereocenters. The Bertz CT molecular complexity index is 756. The lowest BCUT2D eigenvalue weighted by Crippen LogP contribution is -2.70. The molecular weight excluding hydrogens is 498 g/mol. The summed E-state index contributed by atoms with van der Waals surface area (Å²) in [7, 11) is 1.55. The van der Waals surface area contributed by atoms with Crippen LogP contribution in [0.4, 0.5) is 0 Å². The second-order valence-electron chi connectivity index (χ2n) is 10.3. The number of hydrogen-bond donors (Lipinski definition) is 11. The summed E-state index contributed by atoms with van der Waals surface area (Å²) in [6.45, 7) is -0.508. The Morgan fingerprint density at radius 2 is 1.43 bits per heavy atom. The van der Waals surface area contributed by atoms with Crippen LogP contribution in [0.25, 0.3) is 0 Å². The van der Waals surface area contributed by atoms with Gasteiger partial charge in [-0.3, -0.25) is 0 Å². The zero-order valence-electron chi connectivity index (χ0n) is 20.5. The molecule has 1 aliphatic carbocycles. The average molecular weight is 540 g/mol. The highest BCUT2D eigenvalue weighted by atomic mass is 16.8. The normalized spacial score (nSPS) is 55.1. The molecule has 15 N–H and O–H groups in total. The predicted molar refractivity (Wildman–Crippen MR) is 123 cm³/mol. The second-order valence-corrected chi connectivity index (χ2v) is 10.3. The molecule has 4 rings (SSSR count). The smallest absolute Gasteiger partial charge is 0.189 e. The number of aliphatic hydroxyl groups excluding tert-OH is 6. The lowest BCUT2D eigenvalue weighted by atomic mass is 9.84. The van der Waals surface area contributed by atoms with Crippen molar-refractivity contribution in [1.29, 1.82) is 0 Å². The molecule has 0 aromatic heterocycles. The number of ether oxygens (including phenoxy) is 5.